The van der Waals surface area contributed by atoms with Gasteiger partial charge in [-0.05, 0) is 31.0 Å². The molecule has 2 aliphatic rings. The maximum atomic E-state index is 12.8. The van der Waals surface area contributed by atoms with Crippen LogP contribution in [-0.4, -0.2) is 54.1 Å². The molecule has 6 nitrogen and oxygen atoms in total. The number of sulfonamides is 1. The van der Waals surface area contributed by atoms with Crippen LogP contribution in [0.25, 0.3) is 11.0 Å². The number of ether oxygens (including phenoxy) is 1. The van der Waals surface area contributed by atoms with E-state index in [2.05, 4.69) is 20.5 Å². The van der Waals surface area contributed by atoms with Crippen LogP contribution in [-0.2, 0) is 14.8 Å². The van der Waals surface area contributed by atoms with Gasteiger partial charge in [0.2, 0.25) is 0 Å². The first-order valence-corrected chi connectivity index (χ1v) is 10.7. The van der Waals surface area contributed by atoms with Crippen molar-refractivity contribution in [3.8, 4) is 0 Å². The second kappa shape index (κ2) is 6.71. The van der Waals surface area contributed by atoms with Crippen LogP contribution in [0.2, 0.25) is 0 Å². The summed E-state index contributed by atoms with van der Waals surface area (Å²) in [5.74, 6) is 1.000. The minimum atomic E-state index is -5.28. The molecule has 0 amide bonds. The second-order valence-corrected chi connectivity index (χ2v) is 9.63. The number of halogens is 4. The van der Waals surface area contributed by atoms with Crippen molar-refractivity contribution in [3.05, 3.63) is 28.5 Å². The van der Waals surface area contributed by atoms with Gasteiger partial charge in [0.15, 0.2) is 0 Å². The number of imidazole rings is 1. The standard InChI is InChI=1S/C16H17BrF3N3O3S/c17-11-1-2-13-14(7-11)23(15(21-13)10-8-26-9-10)12-3-5-22(6-4-12)27(24,25)16(18,19)20/h1-2,7,10,12H,3-6,8-9H2. The van der Waals surface area contributed by atoms with Gasteiger partial charge in [-0.2, -0.15) is 17.5 Å². The third-order valence-electron chi connectivity index (χ3n) is 5.10. The highest BCUT2D eigenvalue weighted by molar-refractivity contribution is 9.10. The molecule has 0 unspecified atom stereocenters. The van der Waals surface area contributed by atoms with E-state index < -0.39 is 15.5 Å². The van der Waals surface area contributed by atoms with E-state index in [9.17, 15) is 21.6 Å². The summed E-state index contributed by atoms with van der Waals surface area (Å²) in [6, 6.07) is 5.60. The van der Waals surface area contributed by atoms with Crippen molar-refractivity contribution in [1.82, 2.24) is 13.9 Å². The van der Waals surface area contributed by atoms with Gasteiger partial charge in [-0.3, -0.25) is 0 Å². The lowest BCUT2D eigenvalue weighted by molar-refractivity contribution is -0.0496. The zero-order chi connectivity index (χ0) is 19.4. The molecule has 11 heteroatoms. The molecule has 2 aromatic rings. The van der Waals surface area contributed by atoms with Crippen molar-refractivity contribution < 1.29 is 26.3 Å². The predicted octanol–water partition coefficient (Wildman–Crippen LogP) is 3.40. The SMILES string of the molecule is O=S(=O)(N1CCC(n2c(C3COC3)nc3ccc(Br)cc32)CC1)C(F)(F)F. The van der Waals surface area contributed by atoms with Crippen LogP contribution in [0, 0.1) is 0 Å². The molecule has 2 fully saturated rings. The zero-order valence-electron chi connectivity index (χ0n) is 14.1. The first-order chi connectivity index (χ1) is 12.7. The molecule has 0 aliphatic carbocycles. The molecule has 0 radical (unpaired) electrons. The van der Waals surface area contributed by atoms with Gasteiger partial charge in [0.1, 0.15) is 5.82 Å². The van der Waals surface area contributed by atoms with Crippen LogP contribution in [0.3, 0.4) is 0 Å². The van der Waals surface area contributed by atoms with Crippen LogP contribution in [0.4, 0.5) is 13.2 Å². The molecule has 2 saturated heterocycles. The fraction of sp³-hybridized carbons (Fsp3) is 0.562. The van der Waals surface area contributed by atoms with E-state index in [0.29, 0.717) is 30.4 Å². The molecule has 1 aromatic heterocycles. The zero-order valence-corrected chi connectivity index (χ0v) is 16.5. The Balaban J connectivity index is 1.65. The van der Waals surface area contributed by atoms with Gasteiger partial charge in [-0.1, -0.05) is 15.9 Å². The summed E-state index contributed by atoms with van der Waals surface area (Å²) in [5, 5.41) is 0. The fourth-order valence-corrected chi connectivity index (χ4v) is 4.96. The highest BCUT2D eigenvalue weighted by atomic mass is 79.9. The molecule has 1 aromatic carbocycles. The molecule has 0 spiro atoms. The lowest BCUT2D eigenvalue weighted by Gasteiger charge is -2.35. The van der Waals surface area contributed by atoms with Crippen LogP contribution < -0.4 is 0 Å². The lowest BCUT2D eigenvalue weighted by Crippen LogP contribution is -2.45. The van der Waals surface area contributed by atoms with Gasteiger partial charge in [0.05, 0.1) is 30.2 Å². The number of fused-ring (bicyclic) bond motifs is 1. The fourth-order valence-electron chi connectivity index (χ4n) is 3.63. The van der Waals surface area contributed by atoms with E-state index in [0.717, 1.165) is 21.3 Å². The molecular weight excluding hydrogens is 451 g/mol. The first kappa shape index (κ1) is 19.2. The maximum absolute atomic E-state index is 12.8. The molecule has 0 bridgehead atoms. The molecule has 0 saturated carbocycles. The summed E-state index contributed by atoms with van der Waals surface area (Å²) in [6.45, 7) is 0.791. The van der Waals surface area contributed by atoms with E-state index in [1.807, 2.05) is 18.2 Å². The minimum Gasteiger partial charge on any atom is -0.380 e. The molecule has 148 valence electrons. The Kier molecular flexibility index (Phi) is 4.76. The van der Waals surface area contributed by atoms with Gasteiger partial charge >= 0.3 is 15.5 Å². The van der Waals surface area contributed by atoms with E-state index in [1.165, 1.54) is 0 Å². The number of piperidine rings is 1. The molecule has 0 atom stereocenters. The third-order valence-corrected chi connectivity index (χ3v) is 7.23. The average Bonchev–Trinajstić information content (AvgIpc) is 2.90. The van der Waals surface area contributed by atoms with Crippen molar-refractivity contribution in [3.63, 3.8) is 0 Å². The topological polar surface area (TPSA) is 64.4 Å². The Bertz CT molecular complexity index is 964. The van der Waals surface area contributed by atoms with E-state index in [-0.39, 0.29) is 25.0 Å². The summed E-state index contributed by atoms with van der Waals surface area (Å²) in [7, 11) is -5.28. The van der Waals surface area contributed by atoms with Crippen molar-refractivity contribution in [1.29, 1.82) is 0 Å². The number of rotatable bonds is 3. The van der Waals surface area contributed by atoms with Gasteiger partial charge < -0.3 is 9.30 Å². The summed E-state index contributed by atoms with van der Waals surface area (Å²) >= 11 is 3.45. The minimum absolute atomic E-state index is 0.111. The quantitative estimate of drug-likeness (QED) is 0.693. The summed E-state index contributed by atoms with van der Waals surface area (Å²) < 4.78 is 70.4. The van der Waals surface area contributed by atoms with E-state index in [4.69, 9.17) is 9.72 Å². The number of alkyl halides is 3. The monoisotopic (exact) mass is 467 g/mol. The maximum Gasteiger partial charge on any atom is 0.511 e. The smallest absolute Gasteiger partial charge is 0.380 e. The van der Waals surface area contributed by atoms with Crippen molar-refractivity contribution in [2.24, 2.45) is 0 Å². The predicted molar refractivity (Wildman–Crippen MR) is 95.8 cm³/mol. The van der Waals surface area contributed by atoms with Gasteiger partial charge in [-0.25, -0.2) is 13.4 Å². The van der Waals surface area contributed by atoms with Crippen molar-refractivity contribution in [2.45, 2.75) is 30.3 Å². The van der Waals surface area contributed by atoms with Gasteiger partial charge in [-0.15, -0.1) is 0 Å². The Morgan fingerprint density at radius 3 is 2.41 bits per heavy atom. The highest BCUT2D eigenvalue weighted by Crippen LogP contribution is 2.37. The summed E-state index contributed by atoms with van der Waals surface area (Å²) in [6.07, 6.45) is 0.599. The second-order valence-electron chi connectivity index (χ2n) is 6.79. The molecule has 2 aliphatic heterocycles. The van der Waals surface area contributed by atoms with Gasteiger partial charge in [0.25, 0.3) is 0 Å². The van der Waals surface area contributed by atoms with Crippen LogP contribution in [0.1, 0.15) is 30.6 Å². The molecule has 4 rings (SSSR count). The molecule has 27 heavy (non-hydrogen) atoms. The largest absolute Gasteiger partial charge is 0.511 e. The first-order valence-electron chi connectivity index (χ1n) is 8.50. The van der Waals surface area contributed by atoms with Crippen LogP contribution >= 0.6 is 15.9 Å². The summed E-state index contributed by atoms with van der Waals surface area (Å²) in [5.41, 5.74) is -3.56. The number of aromatic nitrogens is 2. The summed E-state index contributed by atoms with van der Waals surface area (Å²) in [4.78, 5) is 4.71. The molecule has 0 N–H and O–H groups in total. The number of nitrogens with zero attached hydrogens (tertiary/aromatic N) is 3. The Hall–Kier alpha value is -1.17. The van der Waals surface area contributed by atoms with E-state index in [1.54, 1.807) is 0 Å². The van der Waals surface area contributed by atoms with Crippen LogP contribution in [0.5, 0.6) is 0 Å². The number of hydrogen-bond donors (Lipinski definition) is 0. The lowest BCUT2D eigenvalue weighted by atomic mass is 10.0. The number of benzene rings is 1. The van der Waals surface area contributed by atoms with Gasteiger partial charge in [0, 0.05) is 23.6 Å². The highest BCUT2D eigenvalue weighted by Gasteiger charge is 2.50. The van der Waals surface area contributed by atoms with Crippen molar-refractivity contribution in [2.75, 3.05) is 26.3 Å². The van der Waals surface area contributed by atoms with Crippen molar-refractivity contribution >= 4 is 37.0 Å². The molecule has 3 heterocycles. The molecular formula is C16H17BrF3N3O3S. The van der Waals surface area contributed by atoms with E-state index >= 15 is 0 Å². The number of hydrogen-bond acceptors (Lipinski definition) is 4. The normalized spacial score (nSPS) is 20.9. The Morgan fingerprint density at radius 2 is 1.85 bits per heavy atom. The Morgan fingerprint density at radius 1 is 1.19 bits per heavy atom. The Labute approximate surface area is 162 Å². The third kappa shape index (κ3) is 3.28. The average molecular weight is 468 g/mol. The van der Waals surface area contributed by atoms with Crippen LogP contribution in [0.15, 0.2) is 22.7 Å².